The first kappa shape index (κ1) is 24.1. The van der Waals surface area contributed by atoms with Crippen LogP contribution >= 0.6 is 0 Å². The number of fused-ring (bicyclic) bond motifs is 8. The Kier molecular flexibility index (Phi) is 6.07. The van der Waals surface area contributed by atoms with E-state index in [0.717, 1.165) is 69.7 Å². The van der Waals surface area contributed by atoms with Gasteiger partial charge in [0, 0.05) is 27.6 Å². The fourth-order valence-electron chi connectivity index (χ4n) is 5.79. The third-order valence-electron chi connectivity index (χ3n) is 7.98. The van der Waals surface area contributed by atoms with Crippen LogP contribution in [-0.2, 0) is 6.42 Å². The zero-order chi connectivity index (χ0) is 25.7. The van der Waals surface area contributed by atoms with Crippen LogP contribution in [0.25, 0.3) is 50.4 Å². The lowest BCUT2D eigenvalue weighted by molar-refractivity contribution is 1.14. The molecule has 2 N–H and O–H groups in total. The van der Waals surface area contributed by atoms with Crippen molar-refractivity contribution >= 4 is 50.4 Å². The van der Waals surface area contributed by atoms with E-state index in [4.69, 9.17) is 9.97 Å². The predicted octanol–water partition coefficient (Wildman–Crippen LogP) is 8.82. The van der Waals surface area contributed by atoms with Gasteiger partial charge < -0.3 is 9.97 Å². The first-order valence-corrected chi connectivity index (χ1v) is 13.1. The average Bonchev–Trinajstić information content (AvgIpc) is 3.51. The topological polar surface area (TPSA) is 57.4 Å². The molecule has 5 rings (SSSR count). The normalized spacial score (nSPS) is 13.6. The number of nitrogens with zero attached hydrogens (tertiary/aromatic N) is 2. The molecular weight excluding hydrogens is 440 g/mol. The molecule has 0 fully saturated rings. The lowest BCUT2D eigenvalue weighted by Crippen LogP contribution is -1.84. The summed E-state index contributed by atoms with van der Waals surface area (Å²) in [4.78, 5) is 17.6. The third-order valence-corrected chi connectivity index (χ3v) is 7.98. The molecule has 3 aromatic rings. The van der Waals surface area contributed by atoms with Gasteiger partial charge in [-0.25, -0.2) is 9.97 Å². The Morgan fingerprint density at radius 2 is 1.17 bits per heavy atom. The van der Waals surface area contributed by atoms with Crippen LogP contribution in [0.1, 0.15) is 92.5 Å². The molecule has 4 nitrogen and oxygen atoms in total. The van der Waals surface area contributed by atoms with E-state index in [1.807, 2.05) is 6.08 Å². The van der Waals surface area contributed by atoms with Gasteiger partial charge in [0.1, 0.15) is 0 Å². The van der Waals surface area contributed by atoms with Gasteiger partial charge in [-0.05, 0) is 110 Å². The quantitative estimate of drug-likeness (QED) is 0.395. The highest BCUT2D eigenvalue weighted by Crippen LogP contribution is 2.37. The number of H-pyrrole nitrogens is 2. The van der Waals surface area contributed by atoms with Crippen molar-refractivity contribution in [2.45, 2.75) is 67.7 Å². The van der Waals surface area contributed by atoms with Crippen molar-refractivity contribution in [1.29, 1.82) is 0 Å². The van der Waals surface area contributed by atoms with E-state index in [1.54, 1.807) is 0 Å². The van der Waals surface area contributed by atoms with E-state index in [2.05, 4.69) is 89.3 Å². The molecule has 5 heterocycles. The van der Waals surface area contributed by atoms with Crippen LogP contribution in [0.5, 0.6) is 0 Å². The van der Waals surface area contributed by atoms with Crippen LogP contribution in [0.2, 0.25) is 0 Å². The molecule has 0 atom stereocenters. The van der Waals surface area contributed by atoms with E-state index in [9.17, 15) is 0 Å². The number of rotatable bonds is 4. The fourth-order valence-corrected chi connectivity index (χ4v) is 5.79. The Hall–Kier alpha value is -3.66. The summed E-state index contributed by atoms with van der Waals surface area (Å²) in [7, 11) is 0. The monoisotopic (exact) mass is 476 g/mol. The minimum Gasteiger partial charge on any atom is -0.355 e. The minimum atomic E-state index is 0.933. The number of aromatic amines is 2. The SMILES string of the molecule is C=Cc1c(C)c2cc3nc(cc4nc(cc5[nH]c(cc1[nH]2)c(C)c5CC)C(C)=C4CC)C(C)=C3CC. The number of hydrogen-bond donors (Lipinski definition) is 2. The predicted molar refractivity (Wildman–Crippen MR) is 156 cm³/mol. The van der Waals surface area contributed by atoms with Gasteiger partial charge in [0.2, 0.25) is 0 Å². The largest absolute Gasteiger partial charge is 0.355 e. The standard InChI is InChI=1S/C32H36N4/c1-9-21-17(5)25-14-30-23(11-3)19(7)27(35-30)16-32-24(12-4)20(8)28(36-32)15-31-22(10-2)18(6)26(34-31)13-29(21)33-25/h9,13-16,33-34H,1,10-12H2,2-8H3. The number of hydrogen-bond acceptors (Lipinski definition) is 2. The Morgan fingerprint density at radius 3 is 1.75 bits per heavy atom. The summed E-state index contributed by atoms with van der Waals surface area (Å²) in [5.74, 6) is 0. The molecule has 4 heteroatoms. The maximum absolute atomic E-state index is 5.12. The molecule has 36 heavy (non-hydrogen) atoms. The number of nitrogens with one attached hydrogen (secondary N) is 2. The van der Waals surface area contributed by atoms with Crippen LogP contribution < -0.4 is 0 Å². The summed E-state index contributed by atoms with van der Waals surface area (Å²) in [5, 5.41) is 0. The average molecular weight is 477 g/mol. The van der Waals surface area contributed by atoms with Gasteiger partial charge in [0.05, 0.1) is 22.8 Å². The summed E-state index contributed by atoms with van der Waals surface area (Å²) in [6.45, 7) is 19.5. The molecule has 0 unspecified atom stereocenters. The molecule has 0 saturated carbocycles. The van der Waals surface area contributed by atoms with Crippen molar-refractivity contribution in [2.24, 2.45) is 0 Å². The molecule has 0 aliphatic carbocycles. The van der Waals surface area contributed by atoms with Crippen LogP contribution in [0.3, 0.4) is 0 Å². The van der Waals surface area contributed by atoms with E-state index >= 15 is 0 Å². The van der Waals surface area contributed by atoms with Gasteiger partial charge in [-0.1, -0.05) is 33.4 Å². The number of aromatic nitrogens is 4. The Balaban J connectivity index is 2.01. The molecule has 0 amide bonds. The maximum Gasteiger partial charge on any atom is 0.0693 e. The molecule has 2 aliphatic rings. The highest BCUT2D eigenvalue weighted by molar-refractivity contribution is 5.95. The first-order chi connectivity index (χ1) is 17.3. The Labute approximate surface area is 213 Å². The summed E-state index contributed by atoms with van der Waals surface area (Å²) >= 11 is 0. The Morgan fingerprint density at radius 1 is 0.639 bits per heavy atom. The van der Waals surface area contributed by atoms with Gasteiger partial charge in [0.25, 0.3) is 0 Å². The molecule has 8 bridgehead atoms. The van der Waals surface area contributed by atoms with Crippen LogP contribution in [-0.4, -0.2) is 19.9 Å². The van der Waals surface area contributed by atoms with Crippen molar-refractivity contribution in [2.75, 3.05) is 0 Å². The van der Waals surface area contributed by atoms with E-state index in [-0.39, 0.29) is 0 Å². The zero-order valence-corrected chi connectivity index (χ0v) is 22.6. The molecule has 0 radical (unpaired) electrons. The highest BCUT2D eigenvalue weighted by atomic mass is 14.8. The molecule has 184 valence electrons. The fraction of sp³-hybridized carbons (Fsp3) is 0.312. The summed E-state index contributed by atoms with van der Waals surface area (Å²) in [6, 6.07) is 8.82. The van der Waals surface area contributed by atoms with Crippen LogP contribution in [0.15, 0.2) is 30.8 Å². The second-order valence-corrected chi connectivity index (χ2v) is 9.86. The number of allylic oxidation sites excluding steroid dienone is 4. The van der Waals surface area contributed by atoms with E-state index in [0.29, 0.717) is 0 Å². The highest BCUT2D eigenvalue weighted by Gasteiger charge is 2.20. The number of aryl methyl sites for hydroxylation is 3. The van der Waals surface area contributed by atoms with E-state index < -0.39 is 0 Å². The van der Waals surface area contributed by atoms with Crippen molar-refractivity contribution in [3.05, 3.63) is 75.9 Å². The summed E-state index contributed by atoms with van der Waals surface area (Å²) in [5.41, 5.74) is 18.5. The lowest BCUT2D eigenvalue weighted by atomic mass is 10.0. The third kappa shape index (κ3) is 3.67. The van der Waals surface area contributed by atoms with Gasteiger partial charge >= 0.3 is 0 Å². The maximum atomic E-state index is 5.12. The van der Waals surface area contributed by atoms with Crippen molar-refractivity contribution in [3.63, 3.8) is 0 Å². The molecule has 0 spiro atoms. The summed E-state index contributed by atoms with van der Waals surface area (Å²) in [6.07, 6.45) is 4.78. The molecule has 3 aromatic heterocycles. The first-order valence-electron chi connectivity index (χ1n) is 13.1. The molecule has 2 aliphatic heterocycles. The van der Waals surface area contributed by atoms with Crippen molar-refractivity contribution < 1.29 is 0 Å². The second kappa shape index (κ2) is 9.09. The van der Waals surface area contributed by atoms with Gasteiger partial charge in [0.15, 0.2) is 0 Å². The van der Waals surface area contributed by atoms with E-state index in [1.165, 1.54) is 39.0 Å². The molecule has 0 saturated heterocycles. The second-order valence-electron chi connectivity index (χ2n) is 9.86. The minimum absolute atomic E-state index is 0.933. The zero-order valence-electron chi connectivity index (χ0n) is 22.6. The molecular formula is C32H36N4. The van der Waals surface area contributed by atoms with Crippen LogP contribution in [0, 0.1) is 13.8 Å². The van der Waals surface area contributed by atoms with Gasteiger partial charge in [-0.3, -0.25) is 0 Å². The summed E-state index contributed by atoms with van der Waals surface area (Å²) < 4.78 is 0. The van der Waals surface area contributed by atoms with Crippen molar-refractivity contribution in [1.82, 2.24) is 19.9 Å². The molecule has 0 aromatic carbocycles. The van der Waals surface area contributed by atoms with Crippen LogP contribution in [0.4, 0.5) is 0 Å². The Bertz CT molecular complexity index is 1640. The lowest BCUT2D eigenvalue weighted by Gasteiger charge is -2.01. The smallest absolute Gasteiger partial charge is 0.0693 e. The van der Waals surface area contributed by atoms with Crippen molar-refractivity contribution in [3.8, 4) is 0 Å². The van der Waals surface area contributed by atoms with Gasteiger partial charge in [-0.15, -0.1) is 0 Å². The van der Waals surface area contributed by atoms with Gasteiger partial charge in [-0.2, -0.15) is 0 Å².